The van der Waals surface area contributed by atoms with E-state index in [4.69, 9.17) is 4.52 Å². The molecular weight excluding hydrogens is 386 g/mol. The summed E-state index contributed by atoms with van der Waals surface area (Å²) < 4.78 is 6.16. The molecule has 1 aliphatic heterocycles. The van der Waals surface area contributed by atoms with Crippen molar-refractivity contribution in [1.82, 2.24) is 15.0 Å². The van der Waals surface area contributed by atoms with E-state index in [2.05, 4.69) is 26.1 Å². The van der Waals surface area contributed by atoms with Gasteiger partial charge in [0.25, 0.3) is 11.8 Å². The van der Waals surface area contributed by atoms with Crippen molar-refractivity contribution in [3.63, 3.8) is 0 Å². The molecule has 0 fully saturated rings. The van der Waals surface area contributed by atoms with Gasteiger partial charge >= 0.3 is 0 Å². The predicted octanol–water partition coefficient (Wildman–Crippen LogP) is 3.34. The van der Waals surface area contributed by atoms with Gasteiger partial charge in [0.15, 0.2) is 0 Å². The molecule has 2 amide bonds. The smallest absolute Gasteiger partial charge is 0.261 e. The first-order valence-electron chi connectivity index (χ1n) is 7.67. The van der Waals surface area contributed by atoms with E-state index in [9.17, 15) is 9.59 Å². The maximum Gasteiger partial charge on any atom is 0.261 e. The first kappa shape index (κ1) is 15.7. The molecule has 0 radical (unpaired) electrons. The second-order valence-electron chi connectivity index (χ2n) is 5.58. The number of fused-ring (bicyclic) bond motifs is 1. The highest BCUT2D eigenvalue weighted by atomic mass is 79.9. The van der Waals surface area contributed by atoms with Gasteiger partial charge in [-0.1, -0.05) is 45.4 Å². The Morgan fingerprint density at radius 1 is 1.00 bits per heavy atom. The summed E-state index contributed by atoms with van der Waals surface area (Å²) in [6.45, 7) is 0.201. The number of hydrogen-bond acceptors (Lipinski definition) is 5. The van der Waals surface area contributed by atoms with Gasteiger partial charge in [0, 0.05) is 23.0 Å². The summed E-state index contributed by atoms with van der Waals surface area (Å²) in [5.41, 5.74) is 1.70. The average Bonchev–Trinajstić information content (AvgIpc) is 3.18. The number of benzene rings is 2. The molecule has 25 heavy (non-hydrogen) atoms. The van der Waals surface area contributed by atoms with Crippen molar-refractivity contribution in [3.05, 3.63) is 70.0 Å². The lowest BCUT2D eigenvalue weighted by atomic mass is 10.1. The normalized spacial score (nSPS) is 13.4. The lowest BCUT2D eigenvalue weighted by Gasteiger charge is -2.11. The van der Waals surface area contributed by atoms with Crippen LogP contribution in [0.1, 0.15) is 26.6 Å². The molecule has 0 spiro atoms. The highest BCUT2D eigenvalue weighted by Crippen LogP contribution is 2.23. The molecule has 1 aromatic heterocycles. The first-order chi connectivity index (χ1) is 12.1. The molecule has 7 heteroatoms. The molecule has 4 rings (SSSR count). The second kappa shape index (κ2) is 6.25. The van der Waals surface area contributed by atoms with E-state index in [0.29, 0.717) is 29.3 Å². The third kappa shape index (κ3) is 2.87. The number of nitrogens with zero attached hydrogens (tertiary/aromatic N) is 3. The van der Waals surface area contributed by atoms with Gasteiger partial charge in [-0.15, -0.1) is 0 Å². The van der Waals surface area contributed by atoms with Gasteiger partial charge in [0.1, 0.15) is 0 Å². The minimum Gasteiger partial charge on any atom is -0.339 e. The topological polar surface area (TPSA) is 76.3 Å². The molecule has 124 valence electrons. The van der Waals surface area contributed by atoms with E-state index in [1.165, 1.54) is 4.90 Å². The molecule has 6 nitrogen and oxygen atoms in total. The summed E-state index contributed by atoms with van der Waals surface area (Å²) in [4.78, 5) is 30.2. The number of carbonyl (C=O) groups excluding carboxylic acids is 2. The second-order valence-corrected chi connectivity index (χ2v) is 6.50. The summed E-state index contributed by atoms with van der Waals surface area (Å²) in [5.74, 6) is 0.282. The van der Waals surface area contributed by atoms with Gasteiger partial charge < -0.3 is 4.52 Å². The Hall–Kier alpha value is -2.80. The molecule has 0 saturated heterocycles. The Morgan fingerprint density at radius 2 is 1.72 bits per heavy atom. The van der Waals surface area contributed by atoms with Gasteiger partial charge in [-0.3, -0.25) is 14.5 Å². The monoisotopic (exact) mass is 397 g/mol. The van der Waals surface area contributed by atoms with E-state index < -0.39 is 0 Å². The van der Waals surface area contributed by atoms with Crippen molar-refractivity contribution < 1.29 is 14.1 Å². The molecule has 0 saturated carbocycles. The zero-order valence-corrected chi connectivity index (χ0v) is 14.6. The zero-order valence-electron chi connectivity index (χ0n) is 13.0. The number of hydrogen-bond donors (Lipinski definition) is 0. The van der Waals surface area contributed by atoms with Crippen LogP contribution in [-0.4, -0.2) is 33.4 Å². The molecule has 0 N–H and O–H groups in total. The van der Waals surface area contributed by atoms with Crippen molar-refractivity contribution >= 4 is 27.7 Å². The van der Waals surface area contributed by atoms with Gasteiger partial charge in [-0.2, -0.15) is 4.98 Å². The van der Waals surface area contributed by atoms with Gasteiger partial charge in [-0.05, 0) is 24.3 Å². The number of amides is 2. The van der Waals surface area contributed by atoms with E-state index >= 15 is 0 Å². The number of aromatic nitrogens is 2. The molecule has 0 unspecified atom stereocenters. The molecule has 0 aliphatic carbocycles. The van der Waals surface area contributed by atoms with Crippen molar-refractivity contribution in [2.45, 2.75) is 6.42 Å². The van der Waals surface area contributed by atoms with E-state index in [-0.39, 0.29) is 18.4 Å². The summed E-state index contributed by atoms with van der Waals surface area (Å²) in [6, 6.07) is 14.4. The van der Waals surface area contributed by atoms with Gasteiger partial charge in [0.05, 0.1) is 11.1 Å². The van der Waals surface area contributed by atoms with Crippen LogP contribution in [0.25, 0.3) is 11.4 Å². The van der Waals surface area contributed by atoms with E-state index in [1.807, 2.05) is 24.3 Å². The molecule has 0 atom stereocenters. The van der Waals surface area contributed by atoms with Gasteiger partial charge in [0.2, 0.25) is 11.7 Å². The maximum absolute atomic E-state index is 12.3. The van der Waals surface area contributed by atoms with Crippen LogP contribution >= 0.6 is 15.9 Å². The fourth-order valence-electron chi connectivity index (χ4n) is 2.75. The maximum atomic E-state index is 12.3. The molecule has 2 aromatic carbocycles. The zero-order chi connectivity index (χ0) is 17.4. The third-order valence-electron chi connectivity index (χ3n) is 3.98. The van der Waals surface area contributed by atoms with Crippen LogP contribution in [0.15, 0.2) is 57.5 Å². The van der Waals surface area contributed by atoms with Crippen molar-refractivity contribution in [3.8, 4) is 11.4 Å². The fraction of sp³-hybridized carbons (Fsp3) is 0.111. The fourth-order valence-corrected chi connectivity index (χ4v) is 3.15. The number of imide groups is 1. The minimum absolute atomic E-state index is 0.201. The summed E-state index contributed by atoms with van der Waals surface area (Å²) in [6.07, 6.45) is 0.312. The number of carbonyl (C=O) groups is 2. The summed E-state index contributed by atoms with van der Waals surface area (Å²) in [7, 11) is 0. The Morgan fingerprint density at radius 3 is 2.40 bits per heavy atom. The highest BCUT2D eigenvalue weighted by molar-refractivity contribution is 9.10. The SMILES string of the molecule is O=C1c2ccccc2C(=O)N1CCc1nc(-c2cccc(Br)c2)no1. The average molecular weight is 398 g/mol. The standard InChI is InChI=1S/C18H12BrN3O3/c19-12-5-3-4-11(10-12)16-20-15(25-21-16)8-9-22-17(23)13-6-1-2-7-14(13)18(22)24/h1-7,10H,8-9H2. The summed E-state index contributed by atoms with van der Waals surface area (Å²) in [5, 5.41) is 3.95. The van der Waals surface area contributed by atoms with Crippen molar-refractivity contribution in [2.24, 2.45) is 0 Å². The van der Waals surface area contributed by atoms with Crippen LogP contribution in [0.3, 0.4) is 0 Å². The molecule has 0 bridgehead atoms. The first-order valence-corrected chi connectivity index (χ1v) is 8.46. The van der Waals surface area contributed by atoms with E-state index in [0.717, 1.165) is 10.0 Å². The van der Waals surface area contributed by atoms with Crippen LogP contribution in [0.2, 0.25) is 0 Å². The quantitative estimate of drug-likeness (QED) is 0.631. The molecule has 1 aliphatic rings. The minimum atomic E-state index is -0.285. The predicted molar refractivity (Wildman–Crippen MR) is 92.9 cm³/mol. The molecule has 2 heterocycles. The van der Waals surface area contributed by atoms with Crippen molar-refractivity contribution in [1.29, 1.82) is 0 Å². The lowest BCUT2D eigenvalue weighted by Crippen LogP contribution is -2.31. The largest absolute Gasteiger partial charge is 0.339 e. The van der Waals surface area contributed by atoms with E-state index in [1.54, 1.807) is 24.3 Å². The number of rotatable bonds is 4. The Kier molecular flexibility index (Phi) is 3.93. The highest BCUT2D eigenvalue weighted by Gasteiger charge is 2.34. The third-order valence-corrected chi connectivity index (χ3v) is 4.47. The Bertz CT molecular complexity index is 948. The van der Waals surface area contributed by atoms with Crippen LogP contribution < -0.4 is 0 Å². The van der Waals surface area contributed by atoms with Crippen molar-refractivity contribution in [2.75, 3.05) is 6.54 Å². The van der Waals surface area contributed by atoms with Crippen LogP contribution in [0.5, 0.6) is 0 Å². The van der Waals surface area contributed by atoms with Crippen LogP contribution in [0.4, 0.5) is 0 Å². The summed E-state index contributed by atoms with van der Waals surface area (Å²) >= 11 is 3.40. The molecule has 3 aromatic rings. The lowest BCUT2D eigenvalue weighted by molar-refractivity contribution is 0.0653. The Labute approximate surface area is 151 Å². The molecular formula is C18H12BrN3O3. The number of halogens is 1. The Balaban J connectivity index is 1.48. The van der Waals surface area contributed by atoms with Gasteiger partial charge in [-0.25, -0.2) is 0 Å². The van der Waals surface area contributed by atoms with Crippen LogP contribution in [-0.2, 0) is 6.42 Å². The van der Waals surface area contributed by atoms with Crippen LogP contribution in [0, 0.1) is 0 Å².